The van der Waals surface area contributed by atoms with Crippen LogP contribution in [0.1, 0.15) is 0 Å². The molecule has 3 aromatic rings. The molecule has 0 saturated heterocycles. The summed E-state index contributed by atoms with van der Waals surface area (Å²) in [5.74, 6) is 0.489. The minimum absolute atomic E-state index is 0.203. The van der Waals surface area contributed by atoms with Crippen LogP contribution in [0.15, 0.2) is 59.8 Å². The molecule has 3 rings (SSSR count). The number of nitrogens with two attached hydrogens (primary N) is 1. The second-order valence-electron chi connectivity index (χ2n) is 5.01. The fourth-order valence-corrected chi connectivity index (χ4v) is 2.55. The number of rotatable bonds is 5. The van der Waals surface area contributed by atoms with E-state index in [0.717, 1.165) is 0 Å². The van der Waals surface area contributed by atoms with Crippen LogP contribution >= 0.6 is 0 Å². The van der Waals surface area contributed by atoms with Crippen molar-refractivity contribution in [2.45, 2.75) is 4.90 Å². The molecule has 25 heavy (non-hydrogen) atoms. The van der Waals surface area contributed by atoms with Gasteiger partial charge < -0.3 is 16.4 Å². The molecule has 0 aliphatic rings. The van der Waals surface area contributed by atoms with Crippen LogP contribution in [0.4, 0.5) is 29.0 Å². The Hall–Kier alpha value is -3.24. The summed E-state index contributed by atoms with van der Waals surface area (Å²) in [6.07, 6.45) is 1.30. The van der Waals surface area contributed by atoms with E-state index in [9.17, 15) is 8.42 Å². The van der Waals surface area contributed by atoms with Crippen LogP contribution in [0.2, 0.25) is 0 Å². The normalized spacial score (nSPS) is 11.1. The average molecular weight is 358 g/mol. The first-order chi connectivity index (χ1) is 11.9. The standard InChI is InChI=1S/C15H14N6O3S/c16-10-3-1-4-11(7-10)19-14-17-9-18-15(21-14)20-12-5-2-6-13(8-12)25(22,23)24/h1-9H,16H2,(H,22,23,24)(H2,17,18,19,20,21). The number of nitrogens with zero attached hydrogens (tertiary/aromatic N) is 3. The second kappa shape index (κ2) is 6.71. The van der Waals surface area contributed by atoms with Crippen LogP contribution in [0.25, 0.3) is 0 Å². The van der Waals surface area contributed by atoms with Crippen molar-refractivity contribution in [3.05, 3.63) is 54.9 Å². The van der Waals surface area contributed by atoms with Gasteiger partial charge in [-0.3, -0.25) is 4.55 Å². The van der Waals surface area contributed by atoms with Gasteiger partial charge in [0.25, 0.3) is 10.1 Å². The van der Waals surface area contributed by atoms with Crippen molar-refractivity contribution in [2.75, 3.05) is 16.4 Å². The third kappa shape index (κ3) is 4.40. The van der Waals surface area contributed by atoms with Crippen molar-refractivity contribution in [1.82, 2.24) is 15.0 Å². The number of nitrogen functional groups attached to an aromatic ring is 1. The van der Waals surface area contributed by atoms with Crippen molar-refractivity contribution < 1.29 is 13.0 Å². The fourth-order valence-electron chi connectivity index (χ4n) is 2.03. The van der Waals surface area contributed by atoms with Gasteiger partial charge in [-0.05, 0) is 36.4 Å². The topological polar surface area (TPSA) is 143 Å². The van der Waals surface area contributed by atoms with Gasteiger partial charge in [-0.25, -0.2) is 9.97 Å². The Balaban J connectivity index is 1.80. The van der Waals surface area contributed by atoms with E-state index in [2.05, 4.69) is 25.6 Å². The van der Waals surface area contributed by atoms with E-state index in [4.69, 9.17) is 10.3 Å². The van der Waals surface area contributed by atoms with Crippen LogP contribution in [0.5, 0.6) is 0 Å². The Kier molecular flexibility index (Phi) is 4.46. The molecular formula is C15H14N6O3S. The zero-order valence-electron chi connectivity index (χ0n) is 12.8. The van der Waals surface area contributed by atoms with Crippen molar-refractivity contribution >= 4 is 39.1 Å². The molecule has 2 aromatic carbocycles. The lowest BCUT2D eigenvalue weighted by atomic mass is 10.3. The van der Waals surface area contributed by atoms with Crippen LogP contribution in [0.3, 0.4) is 0 Å². The van der Waals surface area contributed by atoms with E-state index in [0.29, 0.717) is 17.1 Å². The Morgan fingerprint density at radius 2 is 1.52 bits per heavy atom. The molecule has 1 aromatic heterocycles. The number of hydrogen-bond acceptors (Lipinski definition) is 8. The maximum Gasteiger partial charge on any atom is 0.294 e. The van der Waals surface area contributed by atoms with Crippen molar-refractivity contribution in [3.63, 3.8) is 0 Å². The highest BCUT2D eigenvalue weighted by Crippen LogP contribution is 2.19. The molecule has 0 spiro atoms. The van der Waals surface area contributed by atoms with Gasteiger partial charge in [-0.2, -0.15) is 13.4 Å². The first-order valence-corrected chi connectivity index (χ1v) is 8.50. The molecule has 128 valence electrons. The van der Waals surface area contributed by atoms with Crippen LogP contribution in [-0.4, -0.2) is 27.9 Å². The molecule has 0 bridgehead atoms. The summed E-state index contributed by atoms with van der Waals surface area (Å²) in [7, 11) is -4.29. The number of anilines is 5. The Bertz CT molecular complexity index is 1010. The van der Waals surface area contributed by atoms with Crippen molar-refractivity contribution in [3.8, 4) is 0 Å². The predicted octanol–water partition coefficient (Wildman–Crippen LogP) is 2.19. The molecule has 0 unspecified atom stereocenters. The largest absolute Gasteiger partial charge is 0.399 e. The third-order valence-electron chi connectivity index (χ3n) is 3.10. The third-order valence-corrected chi connectivity index (χ3v) is 3.95. The second-order valence-corrected chi connectivity index (χ2v) is 6.43. The van der Waals surface area contributed by atoms with Crippen LogP contribution < -0.4 is 16.4 Å². The maximum absolute atomic E-state index is 11.2. The molecule has 0 aliphatic carbocycles. The van der Waals surface area contributed by atoms with E-state index >= 15 is 0 Å². The molecule has 0 aliphatic heterocycles. The zero-order chi connectivity index (χ0) is 17.9. The van der Waals surface area contributed by atoms with Gasteiger partial charge >= 0.3 is 0 Å². The lowest BCUT2D eigenvalue weighted by molar-refractivity contribution is 0.483. The highest BCUT2D eigenvalue weighted by atomic mass is 32.2. The smallest absolute Gasteiger partial charge is 0.294 e. The first kappa shape index (κ1) is 16.6. The number of benzene rings is 2. The molecule has 5 N–H and O–H groups in total. The summed E-state index contributed by atoms with van der Waals surface area (Å²) >= 11 is 0. The summed E-state index contributed by atoms with van der Waals surface area (Å²) in [6.45, 7) is 0. The lowest BCUT2D eigenvalue weighted by Gasteiger charge is -2.08. The van der Waals surface area contributed by atoms with Crippen molar-refractivity contribution in [1.29, 1.82) is 0 Å². The summed E-state index contributed by atoms with van der Waals surface area (Å²) in [5.41, 5.74) is 7.43. The molecule has 0 radical (unpaired) electrons. The molecule has 0 fully saturated rings. The molecule has 0 amide bonds. The van der Waals surface area contributed by atoms with Crippen LogP contribution in [0, 0.1) is 0 Å². The van der Waals surface area contributed by atoms with Gasteiger partial charge in [0.2, 0.25) is 11.9 Å². The molecule has 9 nitrogen and oxygen atoms in total. The Labute approximate surface area is 143 Å². The summed E-state index contributed by atoms with van der Waals surface area (Å²) < 4.78 is 31.5. The van der Waals surface area contributed by atoms with Crippen LogP contribution in [-0.2, 0) is 10.1 Å². The van der Waals surface area contributed by atoms with E-state index in [-0.39, 0.29) is 16.8 Å². The number of nitrogens with one attached hydrogen (secondary N) is 2. The van der Waals surface area contributed by atoms with Gasteiger partial charge in [0.1, 0.15) is 6.33 Å². The van der Waals surface area contributed by atoms with E-state index < -0.39 is 10.1 Å². The number of hydrogen-bond donors (Lipinski definition) is 4. The summed E-state index contributed by atoms with van der Waals surface area (Å²) in [5, 5.41) is 5.84. The minimum Gasteiger partial charge on any atom is -0.399 e. The zero-order valence-corrected chi connectivity index (χ0v) is 13.6. The SMILES string of the molecule is Nc1cccc(Nc2ncnc(Nc3cccc(S(=O)(=O)O)c3)n2)c1. The molecule has 1 heterocycles. The quantitative estimate of drug-likeness (QED) is 0.398. The molecule has 0 atom stereocenters. The van der Waals surface area contributed by atoms with Gasteiger partial charge in [0.15, 0.2) is 0 Å². The lowest BCUT2D eigenvalue weighted by Crippen LogP contribution is -2.04. The van der Waals surface area contributed by atoms with Gasteiger partial charge in [-0.1, -0.05) is 12.1 Å². The van der Waals surface area contributed by atoms with E-state index in [1.54, 1.807) is 24.3 Å². The Morgan fingerprint density at radius 1 is 0.920 bits per heavy atom. The van der Waals surface area contributed by atoms with E-state index in [1.807, 2.05) is 6.07 Å². The molecule has 10 heteroatoms. The minimum atomic E-state index is -4.29. The molecular weight excluding hydrogens is 344 g/mol. The van der Waals surface area contributed by atoms with Gasteiger partial charge in [-0.15, -0.1) is 0 Å². The van der Waals surface area contributed by atoms with Gasteiger partial charge in [0.05, 0.1) is 4.90 Å². The highest BCUT2D eigenvalue weighted by Gasteiger charge is 2.10. The monoisotopic (exact) mass is 358 g/mol. The first-order valence-electron chi connectivity index (χ1n) is 7.06. The predicted molar refractivity (Wildman–Crippen MR) is 93.5 cm³/mol. The Morgan fingerprint density at radius 3 is 2.12 bits per heavy atom. The maximum atomic E-state index is 11.2. The van der Waals surface area contributed by atoms with Gasteiger partial charge in [0, 0.05) is 17.1 Å². The fraction of sp³-hybridized carbons (Fsp3) is 0. The highest BCUT2D eigenvalue weighted by molar-refractivity contribution is 7.85. The van der Waals surface area contributed by atoms with Crippen molar-refractivity contribution in [2.24, 2.45) is 0 Å². The molecule has 0 saturated carbocycles. The summed E-state index contributed by atoms with van der Waals surface area (Å²) in [6, 6.07) is 12.7. The number of aromatic nitrogens is 3. The summed E-state index contributed by atoms with van der Waals surface area (Å²) in [4.78, 5) is 11.9. The van der Waals surface area contributed by atoms with E-state index in [1.165, 1.54) is 24.5 Å². The average Bonchev–Trinajstić information content (AvgIpc) is 2.55.